The highest BCUT2D eigenvalue weighted by molar-refractivity contribution is 4.99. The van der Waals surface area contributed by atoms with Crippen molar-refractivity contribution in [1.82, 2.24) is 0 Å². The standard InChI is InChI=1S/C26H46O/c1-3-5-6-7-22-12-18-26(19-13-22)27-20-23-10-16-25(17-11-23)24-14-8-21(4-2)9-15-24/h12,18,21-26H,3-11,13-17,19-20H2,1-2H3. The van der Waals surface area contributed by atoms with E-state index in [1.165, 1.54) is 96.3 Å². The van der Waals surface area contributed by atoms with Gasteiger partial charge >= 0.3 is 0 Å². The van der Waals surface area contributed by atoms with E-state index in [1.54, 1.807) is 0 Å². The van der Waals surface area contributed by atoms with E-state index in [0.29, 0.717) is 6.10 Å². The van der Waals surface area contributed by atoms with Crippen LogP contribution in [0.15, 0.2) is 12.2 Å². The largest absolute Gasteiger partial charge is 0.374 e. The second-order valence-electron chi connectivity index (χ2n) is 10.1. The average molecular weight is 375 g/mol. The van der Waals surface area contributed by atoms with Crippen LogP contribution in [0.3, 0.4) is 0 Å². The van der Waals surface area contributed by atoms with Crippen LogP contribution >= 0.6 is 0 Å². The van der Waals surface area contributed by atoms with Gasteiger partial charge in [0.1, 0.15) is 0 Å². The maximum Gasteiger partial charge on any atom is 0.0756 e. The summed E-state index contributed by atoms with van der Waals surface area (Å²) in [5.41, 5.74) is 0. The number of hydrogen-bond acceptors (Lipinski definition) is 1. The van der Waals surface area contributed by atoms with Crippen molar-refractivity contribution in [3.63, 3.8) is 0 Å². The molecule has 3 aliphatic rings. The Morgan fingerprint density at radius 3 is 1.93 bits per heavy atom. The molecule has 0 aromatic carbocycles. The maximum atomic E-state index is 6.32. The Morgan fingerprint density at radius 1 is 0.704 bits per heavy atom. The fraction of sp³-hybridized carbons (Fsp3) is 0.923. The molecule has 1 nitrogen and oxygen atoms in total. The van der Waals surface area contributed by atoms with E-state index < -0.39 is 0 Å². The summed E-state index contributed by atoms with van der Waals surface area (Å²) < 4.78 is 6.32. The zero-order chi connectivity index (χ0) is 18.9. The van der Waals surface area contributed by atoms with Crippen LogP contribution in [0.25, 0.3) is 0 Å². The van der Waals surface area contributed by atoms with Gasteiger partial charge in [-0.15, -0.1) is 0 Å². The molecule has 2 unspecified atom stereocenters. The average Bonchev–Trinajstić information content (AvgIpc) is 2.74. The van der Waals surface area contributed by atoms with Gasteiger partial charge in [-0.1, -0.05) is 64.5 Å². The quantitative estimate of drug-likeness (QED) is 0.294. The summed E-state index contributed by atoms with van der Waals surface area (Å²) in [6.07, 6.45) is 26.7. The van der Waals surface area contributed by atoms with Gasteiger partial charge in [-0.05, 0) is 87.4 Å². The van der Waals surface area contributed by atoms with Crippen molar-refractivity contribution >= 4 is 0 Å². The number of unbranched alkanes of at least 4 members (excludes halogenated alkanes) is 2. The van der Waals surface area contributed by atoms with Crippen LogP contribution in [0.1, 0.15) is 110 Å². The van der Waals surface area contributed by atoms with Gasteiger partial charge in [0.25, 0.3) is 0 Å². The van der Waals surface area contributed by atoms with E-state index in [1.807, 2.05) is 0 Å². The van der Waals surface area contributed by atoms with Gasteiger partial charge in [-0.2, -0.15) is 0 Å². The molecular weight excluding hydrogens is 328 g/mol. The van der Waals surface area contributed by atoms with Crippen LogP contribution in [0.5, 0.6) is 0 Å². The lowest BCUT2D eigenvalue weighted by molar-refractivity contribution is 0.0259. The molecule has 1 heteroatoms. The first kappa shape index (κ1) is 21.4. The SMILES string of the molecule is CCCCCC1C=CC(OCC2CCC(C3CCC(CC)CC3)CC2)CC1. The van der Waals surface area contributed by atoms with Crippen molar-refractivity contribution in [3.8, 4) is 0 Å². The van der Waals surface area contributed by atoms with E-state index in [2.05, 4.69) is 26.0 Å². The highest BCUT2D eigenvalue weighted by Gasteiger charge is 2.30. The van der Waals surface area contributed by atoms with Crippen molar-refractivity contribution in [2.75, 3.05) is 6.61 Å². The summed E-state index contributed by atoms with van der Waals surface area (Å²) >= 11 is 0. The number of ether oxygens (including phenoxy) is 1. The number of hydrogen-bond donors (Lipinski definition) is 0. The minimum absolute atomic E-state index is 0.412. The van der Waals surface area contributed by atoms with E-state index in [-0.39, 0.29) is 0 Å². The summed E-state index contributed by atoms with van der Waals surface area (Å²) in [6.45, 7) is 5.69. The first-order valence-electron chi connectivity index (χ1n) is 12.6. The van der Waals surface area contributed by atoms with Gasteiger partial charge in [-0.3, -0.25) is 0 Å². The third-order valence-electron chi connectivity index (χ3n) is 8.17. The molecule has 0 radical (unpaired) electrons. The zero-order valence-corrected chi connectivity index (χ0v) is 18.3. The molecule has 0 amide bonds. The number of rotatable bonds is 9. The van der Waals surface area contributed by atoms with Gasteiger partial charge in [0.2, 0.25) is 0 Å². The van der Waals surface area contributed by atoms with Crippen LogP contribution in [-0.4, -0.2) is 12.7 Å². The highest BCUT2D eigenvalue weighted by Crippen LogP contribution is 2.42. The molecular formula is C26H46O. The summed E-state index contributed by atoms with van der Waals surface area (Å²) in [4.78, 5) is 0. The third-order valence-corrected chi connectivity index (χ3v) is 8.17. The predicted octanol–water partition coefficient (Wildman–Crippen LogP) is 7.94. The van der Waals surface area contributed by atoms with Crippen LogP contribution in [0.2, 0.25) is 0 Å². The molecule has 2 saturated carbocycles. The molecule has 0 heterocycles. The topological polar surface area (TPSA) is 9.23 Å². The van der Waals surface area contributed by atoms with Crippen molar-refractivity contribution in [1.29, 1.82) is 0 Å². The summed E-state index contributed by atoms with van der Waals surface area (Å²) in [7, 11) is 0. The molecule has 0 saturated heterocycles. The van der Waals surface area contributed by atoms with Crippen LogP contribution in [0, 0.1) is 29.6 Å². The molecule has 0 spiro atoms. The van der Waals surface area contributed by atoms with Crippen LogP contribution < -0.4 is 0 Å². The lowest BCUT2D eigenvalue weighted by Crippen LogP contribution is -2.28. The molecule has 0 aromatic rings. The smallest absolute Gasteiger partial charge is 0.0756 e. The first-order chi connectivity index (χ1) is 13.3. The summed E-state index contributed by atoms with van der Waals surface area (Å²) in [5, 5.41) is 0. The van der Waals surface area contributed by atoms with Crippen molar-refractivity contribution < 1.29 is 4.74 Å². The fourth-order valence-electron chi connectivity index (χ4n) is 6.04. The molecule has 3 aliphatic carbocycles. The minimum atomic E-state index is 0.412. The molecule has 27 heavy (non-hydrogen) atoms. The van der Waals surface area contributed by atoms with E-state index in [4.69, 9.17) is 4.74 Å². The van der Waals surface area contributed by atoms with Crippen molar-refractivity contribution in [3.05, 3.63) is 12.2 Å². The van der Waals surface area contributed by atoms with E-state index in [0.717, 1.165) is 36.2 Å². The van der Waals surface area contributed by atoms with Gasteiger partial charge in [0, 0.05) is 0 Å². The Bertz CT molecular complexity index is 412. The lowest BCUT2D eigenvalue weighted by Gasteiger charge is -2.38. The molecule has 0 aromatic heterocycles. The molecule has 0 bridgehead atoms. The van der Waals surface area contributed by atoms with Crippen LogP contribution in [-0.2, 0) is 4.74 Å². The molecule has 2 atom stereocenters. The summed E-state index contributed by atoms with van der Waals surface area (Å²) in [6, 6.07) is 0. The monoisotopic (exact) mass is 374 g/mol. The predicted molar refractivity (Wildman–Crippen MR) is 117 cm³/mol. The zero-order valence-electron chi connectivity index (χ0n) is 18.3. The van der Waals surface area contributed by atoms with Gasteiger partial charge < -0.3 is 4.74 Å². The Hall–Kier alpha value is -0.300. The third kappa shape index (κ3) is 6.91. The second kappa shape index (κ2) is 11.6. The normalized spacial score (nSPS) is 37.4. The maximum absolute atomic E-state index is 6.32. The Morgan fingerprint density at radius 2 is 1.37 bits per heavy atom. The van der Waals surface area contributed by atoms with Gasteiger partial charge in [0.05, 0.1) is 12.7 Å². The van der Waals surface area contributed by atoms with Gasteiger partial charge in [-0.25, -0.2) is 0 Å². The molecule has 3 rings (SSSR count). The Balaban J connectivity index is 1.28. The minimum Gasteiger partial charge on any atom is -0.374 e. The molecule has 0 N–H and O–H groups in total. The van der Waals surface area contributed by atoms with Gasteiger partial charge in [0.15, 0.2) is 0 Å². The van der Waals surface area contributed by atoms with E-state index >= 15 is 0 Å². The molecule has 2 fully saturated rings. The fourth-order valence-corrected chi connectivity index (χ4v) is 6.04. The lowest BCUT2D eigenvalue weighted by atomic mass is 9.69. The molecule has 0 aliphatic heterocycles. The van der Waals surface area contributed by atoms with Crippen LogP contribution in [0.4, 0.5) is 0 Å². The van der Waals surface area contributed by atoms with Crippen molar-refractivity contribution in [2.24, 2.45) is 29.6 Å². The first-order valence-corrected chi connectivity index (χ1v) is 12.6. The Labute approximate surface area is 169 Å². The summed E-state index contributed by atoms with van der Waals surface area (Å²) in [5.74, 6) is 4.80. The van der Waals surface area contributed by atoms with E-state index in [9.17, 15) is 0 Å². The van der Waals surface area contributed by atoms with Crippen molar-refractivity contribution in [2.45, 2.75) is 116 Å². The molecule has 156 valence electrons. The number of allylic oxidation sites excluding steroid dienone is 1. The highest BCUT2D eigenvalue weighted by atomic mass is 16.5. The second-order valence-corrected chi connectivity index (χ2v) is 10.1. The Kier molecular flexibility index (Phi) is 9.23.